The van der Waals surface area contributed by atoms with Gasteiger partial charge in [0.1, 0.15) is 6.61 Å². The van der Waals surface area contributed by atoms with E-state index >= 15 is 0 Å². The van der Waals surface area contributed by atoms with Gasteiger partial charge in [-0.15, -0.1) is 0 Å². The number of ether oxygens (including phenoxy) is 1. The highest BCUT2D eigenvalue weighted by atomic mass is 16.5. The standard InChI is InChI=1S/C16H18N2O4/c1-16(2,3)13(19)10-22-14-9-12(15(20)21)17-18(14)11-7-5-4-6-8-11/h4-9H,10H2,1-3H3,(H,20,21). The number of nitrogens with zero attached hydrogens (tertiary/aromatic N) is 2. The molecule has 1 aromatic heterocycles. The van der Waals surface area contributed by atoms with Gasteiger partial charge in [0.05, 0.1) is 5.69 Å². The number of carbonyl (C=O) groups excluding carboxylic acids is 1. The molecule has 116 valence electrons. The van der Waals surface area contributed by atoms with Crippen molar-refractivity contribution in [3.8, 4) is 11.6 Å². The zero-order valence-corrected chi connectivity index (χ0v) is 12.7. The van der Waals surface area contributed by atoms with E-state index in [1.54, 1.807) is 32.9 Å². The van der Waals surface area contributed by atoms with E-state index in [1.807, 2.05) is 18.2 Å². The predicted octanol–water partition coefficient (Wildman–Crippen LogP) is 2.56. The largest absolute Gasteiger partial charge is 0.476 e. The molecule has 2 aromatic rings. The van der Waals surface area contributed by atoms with Crippen molar-refractivity contribution in [2.24, 2.45) is 5.41 Å². The van der Waals surface area contributed by atoms with E-state index in [1.165, 1.54) is 10.7 Å². The Labute approximate surface area is 128 Å². The maximum Gasteiger partial charge on any atom is 0.356 e. The normalized spacial score (nSPS) is 11.2. The second-order valence-corrected chi connectivity index (χ2v) is 5.88. The zero-order valence-electron chi connectivity index (χ0n) is 12.7. The van der Waals surface area contributed by atoms with Gasteiger partial charge in [0, 0.05) is 11.5 Å². The van der Waals surface area contributed by atoms with Crippen LogP contribution in [-0.2, 0) is 4.79 Å². The van der Waals surface area contributed by atoms with E-state index in [9.17, 15) is 9.59 Å². The fourth-order valence-corrected chi connectivity index (χ4v) is 1.68. The number of ketones is 1. The van der Waals surface area contributed by atoms with Crippen LogP contribution in [0.15, 0.2) is 36.4 Å². The van der Waals surface area contributed by atoms with E-state index in [4.69, 9.17) is 9.84 Å². The first-order valence-corrected chi connectivity index (χ1v) is 6.84. The summed E-state index contributed by atoms with van der Waals surface area (Å²) in [5.41, 5.74) is 0.00279. The first kappa shape index (κ1) is 15.8. The van der Waals surface area contributed by atoms with E-state index in [0.29, 0.717) is 5.69 Å². The molecule has 0 aliphatic rings. The van der Waals surface area contributed by atoms with E-state index < -0.39 is 11.4 Å². The second kappa shape index (κ2) is 6.01. The highest BCUT2D eigenvalue weighted by Crippen LogP contribution is 2.21. The SMILES string of the molecule is CC(C)(C)C(=O)COc1cc(C(=O)O)nn1-c1ccccc1. The Morgan fingerprint density at radius 1 is 1.23 bits per heavy atom. The number of hydrogen-bond acceptors (Lipinski definition) is 4. The third-order valence-corrected chi connectivity index (χ3v) is 3.08. The molecule has 0 aliphatic carbocycles. The summed E-state index contributed by atoms with van der Waals surface area (Å²) >= 11 is 0. The molecule has 1 aromatic carbocycles. The third-order valence-electron chi connectivity index (χ3n) is 3.08. The van der Waals surface area contributed by atoms with Gasteiger partial charge in [-0.2, -0.15) is 5.10 Å². The van der Waals surface area contributed by atoms with E-state index in [-0.39, 0.29) is 24.0 Å². The van der Waals surface area contributed by atoms with E-state index in [0.717, 1.165) is 0 Å². The Morgan fingerprint density at radius 2 is 1.86 bits per heavy atom. The molecule has 0 bridgehead atoms. The van der Waals surface area contributed by atoms with Crippen molar-refractivity contribution in [1.29, 1.82) is 0 Å². The lowest BCUT2D eigenvalue weighted by molar-refractivity contribution is -0.128. The molecule has 6 heteroatoms. The van der Waals surface area contributed by atoms with Crippen LogP contribution in [0.3, 0.4) is 0 Å². The number of carboxylic acids is 1. The molecule has 1 N–H and O–H groups in total. The van der Waals surface area contributed by atoms with Crippen LogP contribution < -0.4 is 4.74 Å². The van der Waals surface area contributed by atoms with Crippen molar-refractivity contribution >= 4 is 11.8 Å². The zero-order chi connectivity index (χ0) is 16.3. The summed E-state index contributed by atoms with van der Waals surface area (Å²) in [6, 6.07) is 10.3. The maximum absolute atomic E-state index is 12.0. The van der Waals surface area contributed by atoms with Crippen LogP contribution in [0, 0.1) is 5.41 Å². The fourth-order valence-electron chi connectivity index (χ4n) is 1.68. The average molecular weight is 302 g/mol. The second-order valence-electron chi connectivity index (χ2n) is 5.88. The molecular formula is C16H18N2O4. The van der Waals surface area contributed by atoms with Crippen molar-refractivity contribution in [1.82, 2.24) is 9.78 Å². The minimum absolute atomic E-state index is 0.0785. The number of benzene rings is 1. The molecule has 22 heavy (non-hydrogen) atoms. The minimum atomic E-state index is -1.15. The number of aromatic carboxylic acids is 1. The molecule has 0 aliphatic heterocycles. The van der Waals surface area contributed by atoms with Crippen molar-refractivity contribution in [2.45, 2.75) is 20.8 Å². The molecule has 0 radical (unpaired) electrons. The Balaban J connectivity index is 2.30. The van der Waals surface area contributed by atoms with Crippen LogP contribution in [-0.4, -0.2) is 33.2 Å². The summed E-state index contributed by atoms with van der Waals surface area (Å²) in [5, 5.41) is 13.1. The molecule has 0 spiro atoms. The lowest BCUT2D eigenvalue weighted by Gasteiger charge is -2.17. The Bertz CT molecular complexity index is 684. The summed E-state index contributed by atoms with van der Waals surface area (Å²) in [7, 11) is 0. The van der Waals surface area contributed by atoms with Gasteiger partial charge in [0.2, 0.25) is 5.88 Å². The van der Waals surface area contributed by atoms with Crippen LogP contribution >= 0.6 is 0 Å². The van der Waals surface area contributed by atoms with Gasteiger partial charge in [-0.25, -0.2) is 9.48 Å². The maximum atomic E-state index is 12.0. The van der Waals surface area contributed by atoms with Gasteiger partial charge in [-0.3, -0.25) is 4.79 Å². The molecular weight excluding hydrogens is 284 g/mol. The number of rotatable bonds is 5. The van der Waals surface area contributed by atoms with Gasteiger partial charge in [0.15, 0.2) is 11.5 Å². The highest BCUT2D eigenvalue weighted by Gasteiger charge is 2.23. The Kier molecular flexibility index (Phi) is 4.30. The first-order chi connectivity index (χ1) is 10.3. The topological polar surface area (TPSA) is 81.4 Å². The van der Waals surface area contributed by atoms with Gasteiger partial charge in [0.25, 0.3) is 0 Å². The number of carbonyl (C=O) groups is 2. The summed E-state index contributed by atoms with van der Waals surface area (Å²) < 4.78 is 6.87. The fraction of sp³-hybridized carbons (Fsp3) is 0.312. The summed E-state index contributed by atoms with van der Waals surface area (Å²) in [5.74, 6) is -1.01. The van der Waals surface area contributed by atoms with E-state index in [2.05, 4.69) is 5.10 Å². The Hall–Kier alpha value is -2.63. The Morgan fingerprint density at radius 3 is 2.41 bits per heavy atom. The summed E-state index contributed by atoms with van der Waals surface area (Å²) in [4.78, 5) is 23.1. The lowest BCUT2D eigenvalue weighted by atomic mass is 9.91. The molecule has 2 rings (SSSR count). The van der Waals surface area contributed by atoms with Gasteiger partial charge >= 0.3 is 5.97 Å². The van der Waals surface area contributed by atoms with Gasteiger partial charge in [-0.05, 0) is 12.1 Å². The number of para-hydroxylation sites is 1. The van der Waals surface area contributed by atoms with Gasteiger partial charge < -0.3 is 9.84 Å². The first-order valence-electron chi connectivity index (χ1n) is 6.84. The third kappa shape index (κ3) is 3.52. The monoisotopic (exact) mass is 302 g/mol. The summed E-state index contributed by atoms with van der Waals surface area (Å²) in [6.45, 7) is 5.27. The molecule has 0 saturated carbocycles. The molecule has 0 fully saturated rings. The number of hydrogen-bond donors (Lipinski definition) is 1. The molecule has 1 heterocycles. The highest BCUT2D eigenvalue weighted by molar-refractivity contribution is 5.86. The lowest BCUT2D eigenvalue weighted by Crippen LogP contribution is -2.26. The molecule has 0 unspecified atom stereocenters. The van der Waals surface area contributed by atoms with Crippen molar-refractivity contribution in [3.63, 3.8) is 0 Å². The number of carboxylic acid groups (broad SMARTS) is 1. The number of aromatic nitrogens is 2. The van der Waals surface area contributed by atoms with Crippen LogP contribution in [0.5, 0.6) is 5.88 Å². The van der Waals surface area contributed by atoms with Crippen LogP contribution in [0.25, 0.3) is 5.69 Å². The van der Waals surface area contributed by atoms with Crippen molar-refractivity contribution in [3.05, 3.63) is 42.1 Å². The summed E-state index contributed by atoms with van der Waals surface area (Å²) in [6.07, 6.45) is 0. The quantitative estimate of drug-likeness (QED) is 0.918. The number of Topliss-reactive ketones (excluding diaryl/α,β-unsaturated/α-hetero) is 1. The molecule has 0 saturated heterocycles. The van der Waals surface area contributed by atoms with Crippen LogP contribution in [0.4, 0.5) is 0 Å². The predicted molar refractivity (Wildman–Crippen MR) is 80.5 cm³/mol. The van der Waals surface area contributed by atoms with Crippen molar-refractivity contribution < 1.29 is 19.4 Å². The van der Waals surface area contributed by atoms with Gasteiger partial charge in [-0.1, -0.05) is 39.0 Å². The minimum Gasteiger partial charge on any atom is -0.476 e. The molecule has 6 nitrogen and oxygen atoms in total. The average Bonchev–Trinajstić information content (AvgIpc) is 2.89. The molecule has 0 amide bonds. The van der Waals surface area contributed by atoms with Crippen LogP contribution in [0.2, 0.25) is 0 Å². The smallest absolute Gasteiger partial charge is 0.356 e. The molecule has 0 atom stereocenters. The van der Waals surface area contributed by atoms with Crippen LogP contribution in [0.1, 0.15) is 31.3 Å². The van der Waals surface area contributed by atoms with Crippen molar-refractivity contribution in [2.75, 3.05) is 6.61 Å².